The van der Waals surface area contributed by atoms with Gasteiger partial charge in [-0.05, 0) is 76.2 Å². The SMILES string of the molecule is C=C1C(CC2O[C@H]3C[C@H]4OC(C)(C)OC[C@H]4O[C@H]3[C@H](C)[C@H]2O)OC(CC[C@H](C=O)C(=C)C[C@H](C)CC[C@]23CC(OC)C(O2)[C@H]2C[C@@H](O3)[C@H]3OC(CC(=O)OC)CC[C@@H]3O2)C[C@H]1C. The van der Waals surface area contributed by atoms with Crippen LogP contribution in [0.2, 0.25) is 0 Å². The van der Waals surface area contributed by atoms with Crippen molar-refractivity contribution < 1.29 is 66.8 Å². The minimum absolute atomic E-state index is 0.0599. The summed E-state index contributed by atoms with van der Waals surface area (Å²) in [6.07, 6.45) is 5.84. The van der Waals surface area contributed by atoms with Gasteiger partial charge in [0.25, 0.3) is 0 Å². The van der Waals surface area contributed by atoms with E-state index in [1.54, 1.807) is 7.11 Å². The molecule has 0 amide bonds. The molecule has 0 aromatic heterocycles. The summed E-state index contributed by atoms with van der Waals surface area (Å²) in [5.74, 6) is -1.78. The molecule has 8 rings (SSSR count). The highest BCUT2D eigenvalue weighted by Crippen LogP contribution is 2.49. The first-order chi connectivity index (χ1) is 29.6. The smallest absolute Gasteiger partial charge is 0.308 e. The number of allylic oxidation sites excluding steroid dienone is 1. The van der Waals surface area contributed by atoms with Gasteiger partial charge in [0.2, 0.25) is 0 Å². The Hall–Kier alpha value is -1.82. The summed E-state index contributed by atoms with van der Waals surface area (Å²) in [4.78, 5) is 24.7. The van der Waals surface area contributed by atoms with Crippen molar-refractivity contribution in [3.63, 3.8) is 0 Å². The number of hydrogen-bond acceptors (Lipinski definition) is 14. The van der Waals surface area contributed by atoms with Crippen LogP contribution >= 0.6 is 0 Å². The van der Waals surface area contributed by atoms with Crippen LogP contribution in [0.15, 0.2) is 24.3 Å². The Balaban J connectivity index is 0.828. The van der Waals surface area contributed by atoms with E-state index in [0.717, 1.165) is 43.1 Å². The van der Waals surface area contributed by atoms with E-state index in [4.69, 9.17) is 52.1 Å². The molecule has 0 aromatic rings. The third-order valence-electron chi connectivity index (χ3n) is 15.5. The number of aliphatic hydroxyl groups is 1. The molecule has 0 aliphatic carbocycles. The molecule has 1 N–H and O–H groups in total. The normalized spacial score (nSPS) is 45.7. The Bertz CT molecular complexity index is 1600. The van der Waals surface area contributed by atoms with Gasteiger partial charge in [-0.3, -0.25) is 4.79 Å². The second kappa shape index (κ2) is 19.2. The Morgan fingerprint density at radius 2 is 1.66 bits per heavy atom. The molecule has 62 heavy (non-hydrogen) atoms. The summed E-state index contributed by atoms with van der Waals surface area (Å²) < 4.78 is 69.5. The minimum atomic E-state index is -0.848. The summed E-state index contributed by atoms with van der Waals surface area (Å²) in [5, 5.41) is 11.5. The van der Waals surface area contributed by atoms with Crippen LogP contribution in [0.25, 0.3) is 0 Å². The fourth-order valence-corrected chi connectivity index (χ4v) is 11.9. The van der Waals surface area contributed by atoms with Gasteiger partial charge in [0.1, 0.15) is 24.6 Å². The number of carbonyl (C=O) groups is 2. The summed E-state index contributed by atoms with van der Waals surface area (Å²) in [5.41, 5.74) is 1.94. The van der Waals surface area contributed by atoms with Crippen molar-refractivity contribution in [2.75, 3.05) is 20.8 Å². The van der Waals surface area contributed by atoms with Crippen LogP contribution in [0.4, 0.5) is 0 Å². The summed E-state index contributed by atoms with van der Waals surface area (Å²) in [7, 11) is 3.12. The first-order valence-corrected chi connectivity index (χ1v) is 23.6. The molecule has 8 fully saturated rings. The molecule has 14 nitrogen and oxygen atoms in total. The quantitative estimate of drug-likeness (QED) is 0.118. The number of aldehydes is 1. The number of aliphatic hydroxyl groups excluding tert-OH is 1. The molecule has 350 valence electrons. The van der Waals surface area contributed by atoms with E-state index in [-0.39, 0.29) is 115 Å². The van der Waals surface area contributed by atoms with E-state index in [1.807, 2.05) is 20.8 Å². The minimum Gasteiger partial charge on any atom is -0.469 e. The molecule has 0 radical (unpaired) electrons. The number of methoxy groups -OCH3 is 2. The van der Waals surface area contributed by atoms with Crippen LogP contribution in [-0.2, 0) is 61.7 Å². The van der Waals surface area contributed by atoms with Crippen LogP contribution in [-0.4, -0.2) is 141 Å². The lowest BCUT2D eigenvalue weighted by Crippen LogP contribution is -2.63. The maximum Gasteiger partial charge on any atom is 0.308 e. The van der Waals surface area contributed by atoms with Crippen molar-refractivity contribution in [3.8, 4) is 0 Å². The number of esters is 1. The lowest BCUT2D eigenvalue weighted by atomic mass is 9.79. The maximum absolute atomic E-state index is 12.6. The zero-order valence-corrected chi connectivity index (χ0v) is 38.1. The molecule has 4 bridgehead atoms. The molecule has 0 aromatic carbocycles. The van der Waals surface area contributed by atoms with Gasteiger partial charge >= 0.3 is 5.97 Å². The molecule has 6 unspecified atom stereocenters. The van der Waals surface area contributed by atoms with Gasteiger partial charge in [0, 0.05) is 51.0 Å². The monoisotopic (exact) mass is 875 g/mol. The van der Waals surface area contributed by atoms with E-state index in [2.05, 4.69) is 27.0 Å². The summed E-state index contributed by atoms with van der Waals surface area (Å²) in [6, 6.07) is 0. The number of rotatable bonds is 15. The van der Waals surface area contributed by atoms with E-state index in [0.29, 0.717) is 58.0 Å². The van der Waals surface area contributed by atoms with Crippen LogP contribution in [0.5, 0.6) is 0 Å². The van der Waals surface area contributed by atoms with Crippen molar-refractivity contribution in [2.45, 2.75) is 221 Å². The molecule has 14 heteroatoms. The molecule has 8 aliphatic heterocycles. The molecular formula is C48H74O14. The first kappa shape index (κ1) is 46.7. The Morgan fingerprint density at radius 1 is 0.887 bits per heavy atom. The van der Waals surface area contributed by atoms with Crippen LogP contribution in [0.1, 0.15) is 118 Å². The number of carbonyl (C=O) groups excluding carboxylic acids is 2. The van der Waals surface area contributed by atoms with Gasteiger partial charge in [-0.25, -0.2) is 0 Å². The van der Waals surface area contributed by atoms with E-state index in [1.165, 1.54) is 7.11 Å². The fourth-order valence-electron chi connectivity index (χ4n) is 11.9. The predicted molar refractivity (Wildman–Crippen MR) is 225 cm³/mol. The van der Waals surface area contributed by atoms with Gasteiger partial charge in [0.05, 0.1) is 93.4 Å². The molecule has 8 aliphatic rings. The standard InChI is InChI=1S/C48H74O14/c1-25(14-15-48-22-40(52-8)46(62-48)38-21-39(61-48)45-33(57-38)13-12-32(56-45)18-42(50)53-9)16-27(3)30(23-49)10-11-31-17-26(2)28(4)34(55-31)19-36-43(51)29(5)44-37(58-36)20-35-41(59-44)24-54-47(6,7)60-35/h23,25-26,29-41,43-46,51H,3-4,10-22,24H2,1-2,5-9H3/t25-,26-,29-,30-,31?,32?,33+,34?,35-,36?,37+,38-,39-,40?,41-,43-,44+,45+,46?,48-/m1/s1. The average molecular weight is 875 g/mol. The number of ether oxygens (including phenoxy) is 11. The number of hydrogen-bond donors (Lipinski definition) is 1. The topological polar surface area (TPSA) is 156 Å². The fraction of sp³-hybridized carbons (Fsp3) is 0.875. The van der Waals surface area contributed by atoms with Gasteiger partial charge in [-0.15, -0.1) is 0 Å². The highest BCUT2D eigenvalue weighted by Gasteiger charge is 2.60. The second-order valence-electron chi connectivity index (χ2n) is 20.5. The van der Waals surface area contributed by atoms with Crippen LogP contribution in [0.3, 0.4) is 0 Å². The van der Waals surface area contributed by atoms with Gasteiger partial charge in [-0.2, -0.15) is 0 Å². The predicted octanol–water partition coefficient (Wildman–Crippen LogP) is 5.92. The van der Waals surface area contributed by atoms with Crippen molar-refractivity contribution >= 4 is 12.3 Å². The van der Waals surface area contributed by atoms with Gasteiger partial charge in [0.15, 0.2) is 11.6 Å². The van der Waals surface area contributed by atoms with Crippen molar-refractivity contribution in [2.24, 2.45) is 23.7 Å². The Morgan fingerprint density at radius 3 is 2.42 bits per heavy atom. The molecule has 0 spiro atoms. The highest BCUT2D eigenvalue weighted by atomic mass is 16.7. The molecule has 8 saturated heterocycles. The summed E-state index contributed by atoms with van der Waals surface area (Å²) >= 11 is 0. The average Bonchev–Trinajstić information content (AvgIpc) is 3.55. The highest BCUT2D eigenvalue weighted by molar-refractivity contribution is 5.69. The lowest BCUT2D eigenvalue weighted by molar-refractivity contribution is -0.355. The van der Waals surface area contributed by atoms with Crippen molar-refractivity contribution in [1.29, 1.82) is 0 Å². The molecule has 0 saturated carbocycles. The largest absolute Gasteiger partial charge is 0.469 e. The van der Waals surface area contributed by atoms with Crippen LogP contribution in [0, 0.1) is 23.7 Å². The van der Waals surface area contributed by atoms with Crippen molar-refractivity contribution in [3.05, 3.63) is 24.3 Å². The zero-order chi connectivity index (χ0) is 44.1. The van der Waals surface area contributed by atoms with Crippen molar-refractivity contribution in [1.82, 2.24) is 0 Å². The van der Waals surface area contributed by atoms with E-state index in [9.17, 15) is 14.7 Å². The molecule has 8 heterocycles. The third-order valence-corrected chi connectivity index (χ3v) is 15.5. The van der Waals surface area contributed by atoms with E-state index < -0.39 is 23.8 Å². The Labute approximate surface area is 368 Å². The van der Waals surface area contributed by atoms with Gasteiger partial charge in [-0.1, -0.05) is 39.5 Å². The molecule has 20 atom stereocenters. The third kappa shape index (κ3) is 9.96. The maximum atomic E-state index is 12.6. The first-order valence-electron chi connectivity index (χ1n) is 23.6. The Kier molecular flexibility index (Phi) is 14.5. The van der Waals surface area contributed by atoms with Crippen LogP contribution < -0.4 is 0 Å². The van der Waals surface area contributed by atoms with Gasteiger partial charge < -0.3 is 62.0 Å². The number of fused-ring (bicyclic) bond motifs is 9. The molecular weight excluding hydrogens is 801 g/mol. The van der Waals surface area contributed by atoms with E-state index >= 15 is 0 Å². The lowest BCUT2D eigenvalue weighted by Gasteiger charge is -2.53. The second-order valence-corrected chi connectivity index (χ2v) is 20.5. The summed E-state index contributed by atoms with van der Waals surface area (Å²) in [6.45, 7) is 19.6. The zero-order valence-electron chi connectivity index (χ0n) is 38.1.